The molecule has 0 spiro atoms. The lowest BCUT2D eigenvalue weighted by Crippen LogP contribution is -2.23. The second-order valence-electron chi connectivity index (χ2n) is 5.64. The molecule has 130 valence electrons. The molecule has 24 heavy (non-hydrogen) atoms. The Bertz CT molecular complexity index is 859. The number of aromatic nitrogens is 2. The van der Waals surface area contributed by atoms with Gasteiger partial charge in [-0.3, -0.25) is 4.79 Å². The molecule has 0 atom stereocenters. The van der Waals surface area contributed by atoms with Crippen LogP contribution in [-0.4, -0.2) is 42.5 Å². The quantitative estimate of drug-likeness (QED) is 0.876. The number of carbonyl (C=O) groups excluding carboxylic acids is 1. The van der Waals surface area contributed by atoms with Crippen molar-refractivity contribution in [3.8, 4) is 0 Å². The maximum Gasteiger partial charge on any atom is 0.256 e. The van der Waals surface area contributed by atoms with E-state index in [1.165, 1.54) is 32.3 Å². The van der Waals surface area contributed by atoms with Crippen molar-refractivity contribution in [3.05, 3.63) is 41.0 Å². The van der Waals surface area contributed by atoms with Gasteiger partial charge < -0.3 is 5.32 Å². The van der Waals surface area contributed by atoms with E-state index in [0.717, 1.165) is 4.31 Å². The average Bonchev–Trinajstić information content (AvgIpc) is 2.95. The van der Waals surface area contributed by atoms with E-state index in [9.17, 15) is 13.2 Å². The minimum atomic E-state index is -3.74. The summed E-state index contributed by atoms with van der Waals surface area (Å²) in [6.45, 7) is 3.87. The monoisotopic (exact) mass is 370 g/mol. The van der Waals surface area contributed by atoms with Gasteiger partial charge in [-0.05, 0) is 32.0 Å². The molecular formula is C15H19ClN4O3S. The first-order valence-electron chi connectivity index (χ1n) is 7.21. The molecule has 7 nitrogen and oxygen atoms in total. The molecule has 2 rings (SSSR count). The maximum atomic E-state index is 12.4. The van der Waals surface area contributed by atoms with E-state index >= 15 is 0 Å². The SMILES string of the molecule is CC(C)n1nccc1NC(=O)c1ccc(Cl)c(S(=O)(=O)N(C)C)c1. The lowest BCUT2D eigenvalue weighted by atomic mass is 10.2. The molecule has 0 aliphatic heterocycles. The highest BCUT2D eigenvalue weighted by Gasteiger charge is 2.22. The zero-order chi connectivity index (χ0) is 18.1. The Labute approximate surface area is 146 Å². The second kappa shape index (κ2) is 6.92. The Morgan fingerprint density at radius 1 is 1.29 bits per heavy atom. The average molecular weight is 371 g/mol. The summed E-state index contributed by atoms with van der Waals surface area (Å²) in [6, 6.07) is 5.88. The molecule has 1 aromatic heterocycles. The number of hydrogen-bond acceptors (Lipinski definition) is 4. The van der Waals surface area contributed by atoms with Gasteiger partial charge in [0.05, 0.1) is 11.2 Å². The zero-order valence-corrected chi connectivity index (χ0v) is 15.4. The Hall–Kier alpha value is -1.90. The van der Waals surface area contributed by atoms with Crippen LogP contribution >= 0.6 is 11.6 Å². The summed E-state index contributed by atoms with van der Waals surface area (Å²) in [6.07, 6.45) is 1.58. The van der Waals surface area contributed by atoms with Crippen LogP contribution in [0, 0.1) is 0 Å². The van der Waals surface area contributed by atoms with Crippen molar-refractivity contribution in [1.82, 2.24) is 14.1 Å². The number of benzene rings is 1. The van der Waals surface area contributed by atoms with Gasteiger partial charge in [0.2, 0.25) is 10.0 Å². The summed E-state index contributed by atoms with van der Waals surface area (Å²) in [4.78, 5) is 12.3. The van der Waals surface area contributed by atoms with Gasteiger partial charge in [0, 0.05) is 31.8 Å². The van der Waals surface area contributed by atoms with Gasteiger partial charge in [0.25, 0.3) is 5.91 Å². The summed E-state index contributed by atoms with van der Waals surface area (Å²) in [5.41, 5.74) is 0.191. The van der Waals surface area contributed by atoms with Crippen molar-refractivity contribution in [1.29, 1.82) is 0 Å². The van der Waals surface area contributed by atoms with E-state index in [4.69, 9.17) is 11.6 Å². The van der Waals surface area contributed by atoms with Crippen LogP contribution < -0.4 is 5.32 Å². The topological polar surface area (TPSA) is 84.3 Å². The molecule has 1 heterocycles. The number of rotatable bonds is 5. The van der Waals surface area contributed by atoms with E-state index in [-0.39, 0.29) is 21.5 Å². The molecule has 0 saturated carbocycles. The van der Waals surface area contributed by atoms with Gasteiger partial charge in [0.1, 0.15) is 10.7 Å². The number of amides is 1. The van der Waals surface area contributed by atoms with Gasteiger partial charge in [-0.1, -0.05) is 11.6 Å². The van der Waals surface area contributed by atoms with Crippen LogP contribution in [0.25, 0.3) is 0 Å². The number of halogens is 1. The molecule has 0 bridgehead atoms. The standard InChI is InChI=1S/C15H19ClN4O3S/c1-10(2)20-14(7-8-17-20)18-15(21)11-5-6-12(16)13(9-11)24(22,23)19(3)4/h5-10H,1-4H3,(H,18,21). The van der Waals surface area contributed by atoms with Crippen molar-refractivity contribution < 1.29 is 13.2 Å². The van der Waals surface area contributed by atoms with Crippen LogP contribution in [0.2, 0.25) is 5.02 Å². The third-order valence-electron chi connectivity index (χ3n) is 3.35. The molecule has 1 amide bonds. The van der Waals surface area contributed by atoms with E-state index in [0.29, 0.717) is 5.82 Å². The number of anilines is 1. The van der Waals surface area contributed by atoms with Gasteiger partial charge in [-0.25, -0.2) is 17.4 Å². The van der Waals surface area contributed by atoms with Gasteiger partial charge >= 0.3 is 0 Å². The number of carbonyl (C=O) groups is 1. The number of nitrogens with zero attached hydrogens (tertiary/aromatic N) is 3. The maximum absolute atomic E-state index is 12.4. The molecule has 0 fully saturated rings. The Morgan fingerprint density at radius 3 is 2.54 bits per heavy atom. The zero-order valence-electron chi connectivity index (χ0n) is 13.8. The molecule has 0 aliphatic carbocycles. The smallest absolute Gasteiger partial charge is 0.256 e. The largest absolute Gasteiger partial charge is 0.307 e. The molecule has 1 aromatic carbocycles. The van der Waals surface area contributed by atoms with Gasteiger partial charge in [-0.15, -0.1) is 0 Å². The van der Waals surface area contributed by atoms with E-state index < -0.39 is 15.9 Å². The van der Waals surface area contributed by atoms with Gasteiger partial charge in [0.15, 0.2) is 0 Å². The molecule has 0 saturated heterocycles. The van der Waals surface area contributed by atoms with Crippen molar-refractivity contribution in [2.45, 2.75) is 24.8 Å². The lowest BCUT2D eigenvalue weighted by Gasteiger charge is -2.14. The van der Waals surface area contributed by atoms with E-state index in [2.05, 4.69) is 10.4 Å². The molecule has 0 aliphatic rings. The van der Waals surface area contributed by atoms with Crippen LogP contribution in [-0.2, 0) is 10.0 Å². The van der Waals surface area contributed by atoms with E-state index in [1.807, 2.05) is 13.8 Å². The highest BCUT2D eigenvalue weighted by molar-refractivity contribution is 7.89. The third-order valence-corrected chi connectivity index (χ3v) is 5.65. The normalized spacial score (nSPS) is 12.0. The Kier molecular flexibility index (Phi) is 5.32. The highest BCUT2D eigenvalue weighted by atomic mass is 35.5. The lowest BCUT2D eigenvalue weighted by molar-refractivity contribution is 0.102. The predicted octanol–water partition coefficient (Wildman–Crippen LogP) is 2.62. The first-order valence-corrected chi connectivity index (χ1v) is 9.03. The Morgan fingerprint density at radius 2 is 1.96 bits per heavy atom. The summed E-state index contributed by atoms with van der Waals surface area (Å²) in [7, 11) is -0.939. The summed E-state index contributed by atoms with van der Waals surface area (Å²) < 4.78 is 27.3. The fraction of sp³-hybridized carbons (Fsp3) is 0.333. The van der Waals surface area contributed by atoms with Gasteiger partial charge in [-0.2, -0.15) is 5.10 Å². The number of hydrogen-bond donors (Lipinski definition) is 1. The summed E-state index contributed by atoms with van der Waals surface area (Å²) in [5, 5.41) is 6.92. The molecular weight excluding hydrogens is 352 g/mol. The predicted molar refractivity (Wildman–Crippen MR) is 92.9 cm³/mol. The first-order chi connectivity index (χ1) is 11.1. The van der Waals surface area contributed by atoms with Crippen molar-refractivity contribution in [2.24, 2.45) is 0 Å². The summed E-state index contributed by atoms with van der Waals surface area (Å²) in [5.74, 6) is 0.0891. The van der Waals surface area contributed by atoms with Crippen LogP contribution in [0.3, 0.4) is 0 Å². The van der Waals surface area contributed by atoms with Crippen molar-refractivity contribution >= 4 is 33.3 Å². The van der Waals surface area contributed by atoms with Crippen LogP contribution in [0.1, 0.15) is 30.2 Å². The molecule has 0 radical (unpaired) electrons. The molecule has 2 aromatic rings. The van der Waals surface area contributed by atoms with Crippen LogP contribution in [0.5, 0.6) is 0 Å². The van der Waals surface area contributed by atoms with E-state index in [1.54, 1.807) is 16.9 Å². The van der Waals surface area contributed by atoms with Crippen LogP contribution in [0.15, 0.2) is 35.4 Å². The number of nitrogens with one attached hydrogen (secondary N) is 1. The van der Waals surface area contributed by atoms with Crippen LogP contribution in [0.4, 0.5) is 5.82 Å². The number of sulfonamides is 1. The minimum absolute atomic E-state index is 0.0625. The third kappa shape index (κ3) is 3.61. The minimum Gasteiger partial charge on any atom is -0.307 e. The van der Waals surface area contributed by atoms with Crippen molar-refractivity contribution in [2.75, 3.05) is 19.4 Å². The molecule has 1 N–H and O–H groups in total. The molecule has 0 unspecified atom stereocenters. The first kappa shape index (κ1) is 18.4. The fourth-order valence-corrected chi connectivity index (χ4v) is 3.45. The summed E-state index contributed by atoms with van der Waals surface area (Å²) >= 11 is 5.99. The second-order valence-corrected chi connectivity index (χ2v) is 8.17. The molecule has 9 heteroatoms. The highest BCUT2D eigenvalue weighted by Crippen LogP contribution is 2.25. The Balaban J connectivity index is 2.36. The fourth-order valence-electron chi connectivity index (χ4n) is 2.05. The van der Waals surface area contributed by atoms with Crippen molar-refractivity contribution in [3.63, 3.8) is 0 Å².